The number of anilines is 1. The molecule has 1 fully saturated rings. The highest BCUT2D eigenvalue weighted by Gasteiger charge is 2.19. The van der Waals surface area contributed by atoms with Gasteiger partial charge in [-0.2, -0.15) is 5.10 Å². The maximum absolute atomic E-state index is 4.68. The molecule has 1 saturated carbocycles. The van der Waals surface area contributed by atoms with E-state index < -0.39 is 0 Å². The van der Waals surface area contributed by atoms with Crippen LogP contribution in [0.25, 0.3) is 0 Å². The SMILES string of the molecule is c1ccc(NCCCc2nc(C3CCCCC3)n[nH]2)cc1. The smallest absolute Gasteiger partial charge is 0.153 e. The molecule has 4 nitrogen and oxygen atoms in total. The summed E-state index contributed by atoms with van der Waals surface area (Å²) in [6.45, 7) is 0.962. The van der Waals surface area contributed by atoms with Crippen LogP contribution in [-0.4, -0.2) is 21.7 Å². The topological polar surface area (TPSA) is 53.6 Å². The van der Waals surface area contributed by atoms with Crippen LogP contribution in [-0.2, 0) is 6.42 Å². The van der Waals surface area contributed by atoms with Gasteiger partial charge in [0, 0.05) is 24.6 Å². The zero-order valence-electron chi connectivity index (χ0n) is 12.5. The van der Waals surface area contributed by atoms with Gasteiger partial charge in [-0.3, -0.25) is 5.10 Å². The predicted octanol–water partition coefficient (Wildman–Crippen LogP) is 3.90. The number of aromatic amines is 1. The van der Waals surface area contributed by atoms with Crippen molar-refractivity contribution >= 4 is 5.69 Å². The van der Waals surface area contributed by atoms with Crippen molar-refractivity contribution < 1.29 is 0 Å². The number of hydrogen-bond donors (Lipinski definition) is 2. The van der Waals surface area contributed by atoms with E-state index in [0.717, 1.165) is 31.0 Å². The lowest BCUT2D eigenvalue weighted by molar-refractivity contribution is 0.429. The van der Waals surface area contributed by atoms with Crippen molar-refractivity contribution in [3.05, 3.63) is 42.0 Å². The van der Waals surface area contributed by atoms with Gasteiger partial charge in [-0.25, -0.2) is 4.98 Å². The summed E-state index contributed by atoms with van der Waals surface area (Å²) in [4.78, 5) is 4.68. The van der Waals surface area contributed by atoms with Gasteiger partial charge in [0.25, 0.3) is 0 Å². The Kier molecular flexibility index (Phi) is 4.87. The third kappa shape index (κ3) is 4.06. The van der Waals surface area contributed by atoms with E-state index in [1.807, 2.05) is 6.07 Å². The number of benzene rings is 1. The van der Waals surface area contributed by atoms with Gasteiger partial charge in [-0.15, -0.1) is 0 Å². The number of aryl methyl sites for hydroxylation is 1. The molecular weight excluding hydrogens is 260 g/mol. The van der Waals surface area contributed by atoms with Crippen molar-refractivity contribution in [3.8, 4) is 0 Å². The van der Waals surface area contributed by atoms with Crippen molar-refractivity contribution in [2.45, 2.75) is 50.9 Å². The van der Waals surface area contributed by atoms with Crippen molar-refractivity contribution in [2.75, 3.05) is 11.9 Å². The molecule has 0 atom stereocenters. The minimum absolute atomic E-state index is 0.589. The molecule has 2 aromatic rings. The molecule has 0 saturated heterocycles. The van der Waals surface area contributed by atoms with E-state index in [9.17, 15) is 0 Å². The van der Waals surface area contributed by atoms with Crippen LogP contribution in [0.2, 0.25) is 0 Å². The van der Waals surface area contributed by atoms with Gasteiger partial charge in [0.15, 0.2) is 5.82 Å². The Balaban J connectivity index is 1.42. The van der Waals surface area contributed by atoms with Crippen LogP contribution in [0, 0.1) is 0 Å². The first-order valence-corrected chi connectivity index (χ1v) is 8.12. The predicted molar refractivity (Wildman–Crippen MR) is 85.5 cm³/mol. The second-order valence-electron chi connectivity index (χ2n) is 5.87. The highest BCUT2D eigenvalue weighted by molar-refractivity contribution is 5.42. The number of aromatic nitrogens is 3. The maximum atomic E-state index is 4.68. The van der Waals surface area contributed by atoms with E-state index in [1.165, 1.54) is 37.8 Å². The quantitative estimate of drug-likeness (QED) is 0.791. The zero-order valence-corrected chi connectivity index (χ0v) is 12.5. The van der Waals surface area contributed by atoms with Crippen LogP contribution in [0.4, 0.5) is 5.69 Å². The van der Waals surface area contributed by atoms with Gasteiger partial charge in [-0.05, 0) is 31.4 Å². The lowest BCUT2D eigenvalue weighted by Crippen LogP contribution is -2.06. The van der Waals surface area contributed by atoms with Crippen LogP contribution >= 0.6 is 0 Å². The van der Waals surface area contributed by atoms with Gasteiger partial charge in [0.1, 0.15) is 5.82 Å². The van der Waals surface area contributed by atoms with E-state index in [4.69, 9.17) is 0 Å². The molecular formula is C17H24N4. The number of hydrogen-bond acceptors (Lipinski definition) is 3. The summed E-state index contributed by atoms with van der Waals surface area (Å²) in [5.41, 5.74) is 1.18. The Bertz CT molecular complexity index is 529. The average molecular weight is 284 g/mol. The summed E-state index contributed by atoms with van der Waals surface area (Å²) in [6, 6.07) is 10.3. The summed E-state index contributed by atoms with van der Waals surface area (Å²) >= 11 is 0. The second kappa shape index (κ2) is 7.25. The number of rotatable bonds is 6. The molecule has 1 aliphatic carbocycles. The van der Waals surface area contributed by atoms with Crippen LogP contribution in [0.5, 0.6) is 0 Å². The van der Waals surface area contributed by atoms with Crippen molar-refractivity contribution in [3.63, 3.8) is 0 Å². The highest BCUT2D eigenvalue weighted by Crippen LogP contribution is 2.30. The Labute approximate surface area is 126 Å². The van der Waals surface area contributed by atoms with Gasteiger partial charge in [-0.1, -0.05) is 37.5 Å². The van der Waals surface area contributed by atoms with E-state index in [2.05, 4.69) is 44.8 Å². The molecule has 0 aliphatic heterocycles. The van der Waals surface area contributed by atoms with E-state index in [0.29, 0.717) is 5.92 Å². The summed E-state index contributed by atoms with van der Waals surface area (Å²) in [5, 5.41) is 11.0. The van der Waals surface area contributed by atoms with E-state index in [-0.39, 0.29) is 0 Å². The Morgan fingerprint density at radius 1 is 1.10 bits per heavy atom. The molecule has 0 unspecified atom stereocenters. The van der Waals surface area contributed by atoms with Gasteiger partial charge in [0.2, 0.25) is 0 Å². The minimum Gasteiger partial charge on any atom is -0.385 e. The van der Waals surface area contributed by atoms with Crippen molar-refractivity contribution in [1.82, 2.24) is 15.2 Å². The summed E-state index contributed by atoms with van der Waals surface area (Å²) in [5.74, 6) is 2.66. The van der Waals surface area contributed by atoms with Crippen LogP contribution in [0.3, 0.4) is 0 Å². The molecule has 3 rings (SSSR count). The minimum atomic E-state index is 0.589. The standard InChI is InChI=1S/C17H24N4/c1-3-8-14(9-4-1)17-19-16(20-21-17)12-7-13-18-15-10-5-2-6-11-15/h2,5-6,10-11,14,18H,1,3-4,7-9,12-13H2,(H,19,20,21). The molecule has 2 N–H and O–H groups in total. The van der Waals surface area contributed by atoms with Gasteiger partial charge in [0.05, 0.1) is 0 Å². The normalized spacial score (nSPS) is 16.0. The summed E-state index contributed by atoms with van der Waals surface area (Å²) in [6.07, 6.45) is 8.57. The lowest BCUT2D eigenvalue weighted by atomic mass is 9.89. The van der Waals surface area contributed by atoms with Gasteiger partial charge >= 0.3 is 0 Å². The van der Waals surface area contributed by atoms with E-state index >= 15 is 0 Å². The second-order valence-corrected chi connectivity index (χ2v) is 5.87. The molecule has 1 aliphatic rings. The molecule has 21 heavy (non-hydrogen) atoms. The maximum Gasteiger partial charge on any atom is 0.153 e. The first-order chi connectivity index (χ1) is 10.4. The number of H-pyrrole nitrogens is 1. The Morgan fingerprint density at radius 2 is 1.90 bits per heavy atom. The fourth-order valence-corrected chi connectivity index (χ4v) is 3.01. The third-order valence-electron chi connectivity index (χ3n) is 4.21. The van der Waals surface area contributed by atoms with E-state index in [1.54, 1.807) is 0 Å². The molecule has 0 radical (unpaired) electrons. The average Bonchev–Trinajstić information content (AvgIpc) is 3.02. The number of para-hydroxylation sites is 1. The lowest BCUT2D eigenvalue weighted by Gasteiger charge is -2.18. The van der Waals surface area contributed by atoms with Crippen LogP contribution in [0.15, 0.2) is 30.3 Å². The first-order valence-electron chi connectivity index (χ1n) is 8.12. The zero-order chi connectivity index (χ0) is 14.3. The van der Waals surface area contributed by atoms with Crippen molar-refractivity contribution in [1.29, 1.82) is 0 Å². The van der Waals surface area contributed by atoms with Crippen molar-refractivity contribution in [2.24, 2.45) is 0 Å². The molecule has 1 aromatic carbocycles. The Hall–Kier alpha value is -1.84. The fourth-order valence-electron chi connectivity index (χ4n) is 3.01. The fraction of sp³-hybridized carbons (Fsp3) is 0.529. The number of nitrogens with zero attached hydrogens (tertiary/aromatic N) is 2. The highest BCUT2D eigenvalue weighted by atomic mass is 15.2. The molecule has 1 heterocycles. The molecule has 0 spiro atoms. The molecule has 1 aromatic heterocycles. The van der Waals surface area contributed by atoms with Crippen LogP contribution < -0.4 is 5.32 Å². The third-order valence-corrected chi connectivity index (χ3v) is 4.21. The molecule has 4 heteroatoms. The molecule has 0 amide bonds. The number of nitrogens with one attached hydrogen (secondary N) is 2. The molecule has 112 valence electrons. The molecule has 0 bridgehead atoms. The van der Waals surface area contributed by atoms with Crippen LogP contribution in [0.1, 0.15) is 56.1 Å². The summed E-state index contributed by atoms with van der Waals surface area (Å²) < 4.78 is 0. The summed E-state index contributed by atoms with van der Waals surface area (Å²) in [7, 11) is 0. The Morgan fingerprint density at radius 3 is 2.71 bits per heavy atom. The first kappa shape index (κ1) is 14.1. The largest absolute Gasteiger partial charge is 0.385 e. The van der Waals surface area contributed by atoms with Gasteiger partial charge < -0.3 is 5.32 Å². The monoisotopic (exact) mass is 284 g/mol.